The lowest BCUT2D eigenvalue weighted by Gasteiger charge is -2.50. The monoisotopic (exact) mass is 728 g/mol. The lowest BCUT2D eigenvalue weighted by Crippen LogP contribution is -2.61. The van der Waals surface area contributed by atoms with E-state index in [0.29, 0.717) is 41.5 Å². The van der Waals surface area contributed by atoms with Crippen molar-refractivity contribution in [2.24, 2.45) is 5.92 Å². The smallest absolute Gasteiger partial charge is 0.392 e. The average Bonchev–Trinajstić information content (AvgIpc) is 3.61. The normalized spacial score (nSPS) is 28.6. The van der Waals surface area contributed by atoms with Crippen molar-refractivity contribution in [3.05, 3.63) is 65.2 Å². The van der Waals surface area contributed by atoms with Gasteiger partial charge in [-0.1, -0.05) is 49.2 Å². The van der Waals surface area contributed by atoms with Crippen molar-refractivity contribution < 1.29 is 42.1 Å². The molecule has 7 atom stereocenters. The van der Waals surface area contributed by atoms with E-state index in [-0.39, 0.29) is 55.3 Å². The first-order valence-electron chi connectivity index (χ1n) is 18.6. The Hall–Kier alpha value is -3.52. The molecular formula is C39H51F3N4O6. The van der Waals surface area contributed by atoms with Crippen molar-refractivity contribution in [1.82, 2.24) is 15.1 Å². The van der Waals surface area contributed by atoms with Crippen LogP contribution in [-0.2, 0) is 30.5 Å². The highest BCUT2D eigenvalue weighted by atomic mass is 19.4. The minimum absolute atomic E-state index is 0.0393. The van der Waals surface area contributed by atoms with Gasteiger partial charge in [-0.2, -0.15) is 13.2 Å². The topological polar surface area (TPSA) is 120 Å². The standard InChI is InChI=1S/C39H51F3N4O6/c1-38(2,3)44-35(49)32-19-16-25-7-4-5-8-30(25)46(32)22-29-21-33(26-12-10-24(23-47)11-13-26)52-36(51-29)27-14-17-28(18-15-27)43-34(48)31-9-6-20-45(31)37(50)39(40,41)42/h10-15,17-18,25,29-33,36,47H,4-9,16,19-23H2,1-3H3,(H,43,48)(H,44,49)/t25-,29-,30-,31+,32-,33+,36+/m1/s1. The number of alkyl halides is 3. The Kier molecular flexibility index (Phi) is 11.6. The number of ether oxygens (including phenoxy) is 2. The Morgan fingerprint density at radius 3 is 2.19 bits per heavy atom. The first-order chi connectivity index (χ1) is 24.7. The van der Waals surface area contributed by atoms with Gasteiger partial charge in [-0.05, 0) is 88.5 Å². The summed E-state index contributed by atoms with van der Waals surface area (Å²) in [5.41, 5.74) is 2.42. The molecular weight excluding hydrogens is 677 g/mol. The van der Waals surface area contributed by atoms with Crippen LogP contribution >= 0.6 is 0 Å². The zero-order valence-electron chi connectivity index (χ0n) is 30.2. The van der Waals surface area contributed by atoms with Crippen molar-refractivity contribution in [3.8, 4) is 0 Å². The van der Waals surface area contributed by atoms with Crippen LogP contribution < -0.4 is 10.6 Å². The number of hydrogen-bond acceptors (Lipinski definition) is 7. The van der Waals surface area contributed by atoms with Gasteiger partial charge < -0.3 is 30.1 Å². The second-order valence-corrected chi connectivity index (χ2v) is 15.8. The molecule has 13 heteroatoms. The van der Waals surface area contributed by atoms with Crippen LogP contribution in [0.3, 0.4) is 0 Å². The lowest BCUT2D eigenvalue weighted by atomic mass is 9.75. The molecule has 52 heavy (non-hydrogen) atoms. The second-order valence-electron chi connectivity index (χ2n) is 15.8. The molecule has 4 aliphatic rings. The van der Waals surface area contributed by atoms with Crippen molar-refractivity contribution >= 4 is 23.4 Å². The molecule has 0 radical (unpaired) electrons. The summed E-state index contributed by atoms with van der Waals surface area (Å²) in [5.74, 6) is -2.10. The Morgan fingerprint density at radius 2 is 1.52 bits per heavy atom. The quantitative estimate of drug-likeness (QED) is 0.298. The van der Waals surface area contributed by atoms with Crippen LogP contribution in [0.25, 0.3) is 0 Å². The van der Waals surface area contributed by atoms with Crippen LogP contribution in [0, 0.1) is 5.92 Å². The number of carbonyl (C=O) groups is 3. The van der Waals surface area contributed by atoms with Gasteiger partial charge in [0, 0.05) is 42.3 Å². The van der Waals surface area contributed by atoms with Gasteiger partial charge >= 0.3 is 12.1 Å². The third-order valence-corrected chi connectivity index (χ3v) is 10.8. The number of carbonyl (C=O) groups excluding carboxylic acids is 3. The minimum Gasteiger partial charge on any atom is -0.392 e. The van der Waals surface area contributed by atoms with Crippen LogP contribution in [0.4, 0.5) is 18.9 Å². The summed E-state index contributed by atoms with van der Waals surface area (Å²) in [6.07, 6.45) is 0.898. The fourth-order valence-corrected chi connectivity index (χ4v) is 8.39. The summed E-state index contributed by atoms with van der Waals surface area (Å²) in [5, 5.41) is 15.5. The minimum atomic E-state index is -5.05. The predicted octanol–water partition coefficient (Wildman–Crippen LogP) is 6.15. The molecule has 0 spiro atoms. The molecule has 0 aromatic heterocycles. The number of rotatable bonds is 8. The fourth-order valence-electron chi connectivity index (χ4n) is 8.39. The third kappa shape index (κ3) is 8.98. The molecule has 6 rings (SSSR count). The molecule has 0 bridgehead atoms. The van der Waals surface area contributed by atoms with E-state index in [1.165, 1.54) is 6.42 Å². The molecule has 2 aromatic carbocycles. The van der Waals surface area contributed by atoms with Gasteiger partial charge in [0.2, 0.25) is 11.8 Å². The Balaban J connectivity index is 1.21. The molecule has 3 saturated heterocycles. The van der Waals surface area contributed by atoms with E-state index in [2.05, 4.69) is 15.5 Å². The highest BCUT2D eigenvalue weighted by molar-refractivity contribution is 5.98. The number of nitrogens with one attached hydrogen (secondary N) is 2. The zero-order valence-corrected chi connectivity index (χ0v) is 30.2. The molecule has 2 aromatic rings. The second kappa shape index (κ2) is 15.8. The number of fused-ring (bicyclic) bond motifs is 1. The van der Waals surface area contributed by atoms with Crippen molar-refractivity contribution in [2.75, 3.05) is 18.4 Å². The molecule has 1 saturated carbocycles. The van der Waals surface area contributed by atoms with E-state index in [1.807, 2.05) is 45.0 Å². The van der Waals surface area contributed by atoms with E-state index in [9.17, 15) is 32.7 Å². The number of amides is 3. The largest absolute Gasteiger partial charge is 0.471 e. The zero-order chi connectivity index (χ0) is 37.2. The third-order valence-electron chi connectivity index (χ3n) is 10.8. The van der Waals surface area contributed by atoms with Gasteiger partial charge in [0.1, 0.15) is 6.04 Å². The molecule has 4 fully saturated rings. The molecule has 3 N–H and O–H groups in total. The number of benzene rings is 2. The first kappa shape index (κ1) is 38.2. The molecule has 0 unspecified atom stereocenters. The van der Waals surface area contributed by atoms with E-state index in [0.717, 1.165) is 43.2 Å². The highest BCUT2D eigenvalue weighted by Gasteiger charge is 2.48. The number of piperidine rings is 1. The van der Waals surface area contributed by atoms with E-state index >= 15 is 0 Å². The summed E-state index contributed by atoms with van der Waals surface area (Å²) in [6, 6.07) is 13.2. The van der Waals surface area contributed by atoms with Crippen LogP contribution in [0.1, 0.15) is 108 Å². The van der Waals surface area contributed by atoms with Gasteiger partial charge in [-0.15, -0.1) is 0 Å². The Bertz CT molecular complexity index is 1560. The average molecular weight is 729 g/mol. The van der Waals surface area contributed by atoms with Crippen molar-refractivity contribution in [1.29, 1.82) is 0 Å². The number of nitrogens with zero attached hydrogens (tertiary/aromatic N) is 2. The van der Waals surface area contributed by atoms with Gasteiger partial charge in [-0.25, -0.2) is 0 Å². The fraction of sp³-hybridized carbons (Fsp3) is 0.615. The van der Waals surface area contributed by atoms with E-state index < -0.39 is 30.3 Å². The summed E-state index contributed by atoms with van der Waals surface area (Å²) < 4.78 is 52.6. The van der Waals surface area contributed by atoms with E-state index in [4.69, 9.17) is 9.47 Å². The first-order valence-corrected chi connectivity index (χ1v) is 18.6. The SMILES string of the molecule is CC(C)(C)NC(=O)[C@H]1CC[C@H]2CCCC[C@H]2N1C[C@H]1C[C@@H](c2ccc(CO)cc2)O[C@@H](c2ccc(NC(=O)[C@@H]3CCCN3C(=O)C(F)(F)F)cc2)O1. The number of aliphatic hydroxyl groups excluding tert-OH is 1. The van der Waals surface area contributed by atoms with Crippen LogP contribution in [0.15, 0.2) is 48.5 Å². The van der Waals surface area contributed by atoms with Crippen molar-refractivity contribution in [2.45, 2.75) is 134 Å². The molecule has 3 amide bonds. The summed E-state index contributed by atoms with van der Waals surface area (Å²) in [6.45, 7) is 6.34. The Morgan fingerprint density at radius 1 is 0.827 bits per heavy atom. The number of anilines is 1. The number of likely N-dealkylation sites (tertiary alicyclic amines) is 2. The van der Waals surface area contributed by atoms with Gasteiger partial charge in [0.25, 0.3) is 0 Å². The van der Waals surface area contributed by atoms with Crippen molar-refractivity contribution in [3.63, 3.8) is 0 Å². The summed E-state index contributed by atoms with van der Waals surface area (Å²) in [4.78, 5) is 41.6. The highest BCUT2D eigenvalue weighted by Crippen LogP contribution is 2.42. The number of aliphatic hydroxyl groups is 1. The maximum atomic E-state index is 13.7. The molecule has 3 aliphatic heterocycles. The Labute approximate surface area is 303 Å². The van der Waals surface area contributed by atoms with Gasteiger partial charge in [0.05, 0.1) is 24.9 Å². The lowest BCUT2D eigenvalue weighted by molar-refractivity contribution is -0.255. The molecule has 1 aliphatic carbocycles. The van der Waals surface area contributed by atoms with Crippen LogP contribution in [0.5, 0.6) is 0 Å². The summed E-state index contributed by atoms with van der Waals surface area (Å²) >= 11 is 0. The van der Waals surface area contributed by atoms with Crippen LogP contribution in [-0.4, -0.2) is 81.7 Å². The van der Waals surface area contributed by atoms with Gasteiger partial charge in [-0.3, -0.25) is 19.3 Å². The maximum Gasteiger partial charge on any atom is 0.471 e. The molecule has 284 valence electrons. The molecule has 3 heterocycles. The molecule has 10 nitrogen and oxygen atoms in total. The predicted molar refractivity (Wildman–Crippen MR) is 188 cm³/mol. The number of hydrogen-bond donors (Lipinski definition) is 3. The van der Waals surface area contributed by atoms with E-state index in [1.54, 1.807) is 24.3 Å². The summed E-state index contributed by atoms with van der Waals surface area (Å²) in [7, 11) is 0. The maximum absolute atomic E-state index is 13.7. The van der Waals surface area contributed by atoms with Crippen LogP contribution in [0.2, 0.25) is 0 Å². The number of halogens is 3. The van der Waals surface area contributed by atoms with Gasteiger partial charge in [0.15, 0.2) is 6.29 Å².